The van der Waals surface area contributed by atoms with E-state index < -0.39 is 0 Å². The average Bonchev–Trinajstić information content (AvgIpc) is 3.17. The predicted octanol–water partition coefficient (Wildman–Crippen LogP) is 2.83. The Hall–Kier alpha value is -3.63. The number of nitriles is 1. The molecule has 30 heavy (non-hydrogen) atoms. The summed E-state index contributed by atoms with van der Waals surface area (Å²) in [6.07, 6.45) is 3.40. The van der Waals surface area contributed by atoms with Crippen molar-refractivity contribution in [2.24, 2.45) is 0 Å². The van der Waals surface area contributed by atoms with Gasteiger partial charge < -0.3 is 14.4 Å². The van der Waals surface area contributed by atoms with Crippen molar-refractivity contribution < 1.29 is 9.59 Å². The number of aromatic nitrogens is 2. The Morgan fingerprint density at radius 2 is 1.83 bits per heavy atom. The number of hydrogen-bond donors (Lipinski definition) is 0. The van der Waals surface area contributed by atoms with Crippen molar-refractivity contribution in [3.63, 3.8) is 0 Å². The number of benzene rings is 2. The lowest BCUT2D eigenvalue weighted by Gasteiger charge is -2.34. The summed E-state index contributed by atoms with van der Waals surface area (Å²) < 4.78 is 1.93. The number of anilines is 1. The standard InChI is InChI=1S/C22H18ClN5O2/c23-18-2-1-3-19(8-18)28-14-21(29)26(13-22(28)30)12-20-10-25-15-27(20)11-17-6-4-16(9-24)5-7-17/h1-8,10,15H,11-14H2. The van der Waals surface area contributed by atoms with Crippen LogP contribution in [0.3, 0.4) is 0 Å². The van der Waals surface area contributed by atoms with Crippen LogP contribution in [0.1, 0.15) is 16.8 Å². The van der Waals surface area contributed by atoms with Gasteiger partial charge in [-0.25, -0.2) is 4.98 Å². The minimum atomic E-state index is -0.157. The molecular formula is C22H18ClN5O2. The number of carbonyl (C=O) groups is 2. The second kappa shape index (κ2) is 8.39. The molecule has 1 saturated heterocycles. The molecule has 3 aromatic rings. The van der Waals surface area contributed by atoms with Gasteiger partial charge in [0.15, 0.2) is 0 Å². The van der Waals surface area contributed by atoms with E-state index in [2.05, 4.69) is 11.1 Å². The van der Waals surface area contributed by atoms with Crippen molar-refractivity contribution in [2.75, 3.05) is 18.0 Å². The molecule has 150 valence electrons. The highest BCUT2D eigenvalue weighted by Crippen LogP contribution is 2.22. The summed E-state index contributed by atoms with van der Waals surface area (Å²) in [4.78, 5) is 32.6. The van der Waals surface area contributed by atoms with Crippen molar-refractivity contribution in [3.05, 3.63) is 82.9 Å². The average molecular weight is 420 g/mol. The van der Waals surface area contributed by atoms with Crippen molar-refractivity contribution >= 4 is 29.1 Å². The van der Waals surface area contributed by atoms with E-state index in [1.54, 1.807) is 48.9 Å². The first kappa shape index (κ1) is 19.7. The number of carbonyl (C=O) groups excluding carboxylic acids is 2. The zero-order valence-electron chi connectivity index (χ0n) is 16.0. The molecule has 8 heteroatoms. The van der Waals surface area contributed by atoms with Crippen LogP contribution in [0.2, 0.25) is 5.02 Å². The summed E-state index contributed by atoms with van der Waals surface area (Å²) in [7, 11) is 0. The van der Waals surface area contributed by atoms with Crippen LogP contribution < -0.4 is 4.90 Å². The number of rotatable bonds is 5. The van der Waals surface area contributed by atoms with Crippen LogP contribution in [0.15, 0.2) is 61.1 Å². The maximum absolute atomic E-state index is 12.7. The molecule has 0 N–H and O–H groups in total. The van der Waals surface area contributed by atoms with E-state index in [0.717, 1.165) is 11.3 Å². The molecule has 0 atom stereocenters. The van der Waals surface area contributed by atoms with Crippen LogP contribution in [-0.4, -0.2) is 39.4 Å². The Bertz CT molecular complexity index is 1130. The molecule has 0 aliphatic carbocycles. The quantitative estimate of drug-likeness (QED) is 0.636. The lowest BCUT2D eigenvalue weighted by atomic mass is 10.1. The number of hydrogen-bond acceptors (Lipinski definition) is 4. The molecule has 0 unspecified atom stereocenters. The lowest BCUT2D eigenvalue weighted by molar-refractivity contribution is -0.139. The highest BCUT2D eigenvalue weighted by Gasteiger charge is 2.31. The van der Waals surface area contributed by atoms with Gasteiger partial charge in [-0.05, 0) is 35.9 Å². The monoisotopic (exact) mass is 419 g/mol. The van der Waals surface area contributed by atoms with Crippen LogP contribution in [-0.2, 0) is 22.7 Å². The van der Waals surface area contributed by atoms with Crippen LogP contribution in [0.5, 0.6) is 0 Å². The predicted molar refractivity (Wildman–Crippen MR) is 112 cm³/mol. The third-order valence-corrected chi connectivity index (χ3v) is 5.22. The first-order chi connectivity index (χ1) is 14.5. The SMILES string of the molecule is N#Cc1ccc(Cn2cncc2CN2CC(=O)N(c3cccc(Cl)c3)CC2=O)cc1. The van der Waals surface area contributed by atoms with Gasteiger partial charge in [0, 0.05) is 23.5 Å². The maximum atomic E-state index is 12.7. The van der Waals surface area contributed by atoms with Gasteiger partial charge in [-0.3, -0.25) is 9.59 Å². The first-order valence-corrected chi connectivity index (χ1v) is 9.73. The fourth-order valence-electron chi connectivity index (χ4n) is 3.38. The lowest BCUT2D eigenvalue weighted by Crippen LogP contribution is -2.53. The van der Waals surface area contributed by atoms with E-state index in [-0.39, 0.29) is 24.9 Å². The molecule has 2 heterocycles. The Morgan fingerprint density at radius 1 is 1.03 bits per heavy atom. The van der Waals surface area contributed by atoms with Gasteiger partial charge >= 0.3 is 0 Å². The number of piperazine rings is 1. The second-order valence-electron chi connectivity index (χ2n) is 7.03. The molecule has 1 aliphatic heterocycles. The van der Waals surface area contributed by atoms with Crippen molar-refractivity contribution in [3.8, 4) is 6.07 Å². The minimum absolute atomic E-state index is 0.00655. The molecule has 1 fully saturated rings. The Kier molecular flexibility index (Phi) is 5.50. The first-order valence-electron chi connectivity index (χ1n) is 9.35. The molecule has 0 radical (unpaired) electrons. The van der Waals surface area contributed by atoms with Crippen LogP contribution in [0, 0.1) is 11.3 Å². The molecule has 0 saturated carbocycles. The van der Waals surface area contributed by atoms with Gasteiger partial charge in [-0.2, -0.15) is 5.26 Å². The fraction of sp³-hybridized carbons (Fsp3) is 0.182. The zero-order valence-corrected chi connectivity index (χ0v) is 16.8. The zero-order chi connectivity index (χ0) is 21.1. The number of amides is 2. The molecule has 4 rings (SSSR count). The summed E-state index contributed by atoms with van der Waals surface area (Å²) in [5.41, 5.74) is 3.07. The van der Waals surface area contributed by atoms with Crippen molar-refractivity contribution in [1.82, 2.24) is 14.5 Å². The van der Waals surface area contributed by atoms with Gasteiger partial charge in [0.2, 0.25) is 11.8 Å². The van der Waals surface area contributed by atoms with E-state index in [1.165, 1.54) is 9.80 Å². The van der Waals surface area contributed by atoms with Gasteiger partial charge in [0.1, 0.15) is 13.1 Å². The van der Waals surface area contributed by atoms with E-state index in [0.29, 0.717) is 29.4 Å². The molecule has 7 nitrogen and oxygen atoms in total. The Morgan fingerprint density at radius 3 is 2.57 bits per heavy atom. The van der Waals surface area contributed by atoms with Gasteiger partial charge in [-0.15, -0.1) is 0 Å². The largest absolute Gasteiger partial charge is 0.329 e. The van der Waals surface area contributed by atoms with Gasteiger partial charge in [-0.1, -0.05) is 29.8 Å². The van der Waals surface area contributed by atoms with Crippen LogP contribution >= 0.6 is 11.6 Å². The van der Waals surface area contributed by atoms with Gasteiger partial charge in [0.05, 0.1) is 30.2 Å². The summed E-state index contributed by atoms with van der Waals surface area (Å²) in [6.45, 7) is 0.826. The normalized spacial score (nSPS) is 14.1. The van der Waals surface area contributed by atoms with E-state index >= 15 is 0 Å². The maximum Gasteiger partial charge on any atom is 0.247 e. The summed E-state index contributed by atoms with van der Waals surface area (Å²) in [5, 5.41) is 9.44. The molecule has 0 bridgehead atoms. The van der Waals surface area contributed by atoms with E-state index in [4.69, 9.17) is 16.9 Å². The van der Waals surface area contributed by atoms with Crippen LogP contribution in [0.25, 0.3) is 0 Å². The molecule has 0 spiro atoms. The third-order valence-electron chi connectivity index (χ3n) is 4.98. The van der Waals surface area contributed by atoms with E-state index in [1.807, 2.05) is 16.7 Å². The van der Waals surface area contributed by atoms with Gasteiger partial charge in [0.25, 0.3) is 0 Å². The second-order valence-corrected chi connectivity index (χ2v) is 7.47. The fourth-order valence-corrected chi connectivity index (χ4v) is 3.57. The Labute approximate surface area is 178 Å². The number of nitrogens with zero attached hydrogens (tertiary/aromatic N) is 5. The molecule has 2 aromatic carbocycles. The van der Waals surface area contributed by atoms with Crippen molar-refractivity contribution in [2.45, 2.75) is 13.1 Å². The van der Waals surface area contributed by atoms with E-state index in [9.17, 15) is 9.59 Å². The number of halogens is 1. The molecule has 2 amide bonds. The van der Waals surface area contributed by atoms with Crippen molar-refractivity contribution in [1.29, 1.82) is 5.26 Å². The molecular weight excluding hydrogens is 402 g/mol. The topological polar surface area (TPSA) is 82.2 Å². The summed E-state index contributed by atoms with van der Waals surface area (Å²) in [5.74, 6) is -0.296. The third kappa shape index (κ3) is 4.19. The minimum Gasteiger partial charge on any atom is -0.329 e. The highest BCUT2D eigenvalue weighted by molar-refractivity contribution is 6.31. The molecule has 1 aromatic heterocycles. The summed E-state index contributed by atoms with van der Waals surface area (Å²) >= 11 is 6.01. The molecule has 1 aliphatic rings. The Balaban J connectivity index is 1.45. The highest BCUT2D eigenvalue weighted by atomic mass is 35.5. The number of imidazole rings is 1. The van der Waals surface area contributed by atoms with Crippen LogP contribution in [0.4, 0.5) is 5.69 Å². The smallest absolute Gasteiger partial charge is 0.247 e. The summed E-state index contributed by atoms with van der Waals surface area (Å²) in [6, 6.07) is 16.3.